The first-order valence-corrected chi connectivity index (χ1v) is 11.4. The highest BCUT2D eigenvalue weighted by Crippen LogP contribution is 2.33. The van der Waals surface area contributed by atoms with Gasteiger partial charge in [-0.05, 0) is 43.5 Å². The van der Waals surface area contributed by atoms with Crippen molar-refractivity contribution in [2.45, 2.75) is 64.9 Å². The number of nitrogens with zero attached hydrogens (tertiary/aromatic N) is 1. The summed E-state index contributed by atoms with van der Waals surface area (Å²) in [6.45, 7) is 6.94. The summed E-state index contributed by atoms with van der Waals surface area (Å²) in [5.74, 6) is -0.294. The van der Waals surface area contributed by atoms with Crippen LogP contribution < -0.4 is 10.6 Å². The fourth-order valence-electron chi connectivity index (χ4n) is 3.99. The quantitative estimate of drug-likeness (QED) is 0.354. The van der Waals surface area contributed by atoms with Crippen molar-refractivity contribution in [2.24, 2.45) is 0 Å². The van der Waals surface area contributed by atoms with Crippen molar-refractivity contribution in [2.75, 3.05) is 6.54 Å². The van der Waals surface area contributed by atoms with Gasteiger partial charge in [0, 0.05) is 13.1 Å². The molecule has 0 fully saturated rings. The number of imidazole rings is 1. The number of carbonyl (C=O) groups excluding carboxylic acids is 1. The molecule has 9 heteroatoms. The Kier molecular flexibility index (Phi) is 8.33. The molecule has 0 saturated heterocycles. The van der Waals surface area contributed by atoms with Gasteiger partial charge in [-0.25, -0.2) is 4.98 Å². The van der Waals surface area contributed by atoms with Gasteiger partial charge in [0.05, 0.1) is 29.6 Å². The molecule has 0 aliphatic carbocycles. The largest absolute Gasteiger partial charge is 0.418 e. The fourth-order valence-corrected chi connectivity index (χ4v) is 3.99. The third kappa shape index (κ3) is 6.57. The monoisotopic (exact) mass is 476 g/mol. The predicted molar refractivity (Wildman–Crippen MR) is 125 cm³/mol. The number of benzene rings is 2. The van der Waals surface area contributed by atoms with Gasteiger partial charge >= 0.3 is 6.18 Å². The van der Waals surface area contributed by atoms with Gasteiger partial charge in [-0.1, -0.05) is 43.2 Å². The zero-order valence-corrected chi connectivity index (χ0v) is 19.6. The fraction of sp³-hybridized carbons (Fsp3) is 0.440. The van der Waals surface area contributed by atoms with Crippen LogP contribution in [-0.4, -0.2) is 39.7 Å². The molecule has 6 nitrogen and oxygen atoms in total. The molecule has 3 rings (SSSR count). The standard InChI is InChI=1S/C25H31F3N4O2/c1-4-6-21(33)20(14-29-13-17-10-9-15(2)11-16(17)3)31-23(34)12-22-30-19-8-5-7-18(24(19)32-22)25(26,27)28/h5,7-11,20-21,29,33H,4,6,12-14H2,1-3H3,(H,30,32)(H,31,34). The lowest BCUT2D eigenvalue weighted by molar-refractivity contribution is -0.136. The Hall–Kier alpha value is -2.91. The van der Waals surface area contributed by atoms with E-state index in [1.165, 1.54) is 17.7 Å². The number of H-pyrrole nitrogens is 1. The van der Waals surface area contributed by atoms with Crippen LogP contribution in [0.25, 0.3) is 11.0 Å². The highest BCUT2D eigenvalue weighted by atomic mass is 19.4. The highest BCUT2D eigenvalue weighted by Gasteiger charge is 2.33. The van der Waals surface area contributed by atoms with Gasteiger partial charge in [-0.3, -0.25) is 4.79 Å². The van der Waals surface area contributed by atoms with E-state index in [9.17, 15) is 23.1 Å². The Morgan fingerprint density at radius 3 is 2.65 bits per heavy atom. The number of aromatic amines is 1. The molecule has 34 heavy (non-hydrogen) atoms. The minimum Gasteiger partial charge on any atom is -0.391 e. The maximum atomic E-state index is 13.2. The van der Waals surface area contributed by atoms with E-state index in [0.29, 0.717) is 19.5 Å². The molecule has 1 amide bonds. The molecule has 0 bridgehead atoms. The number of aryl methyl sites for hydroxylation is 2. The van der Waals surface area contributed by atoms with Crippen LogP contribution in [-0.2, 0) is 23.9 Å². The molecule has 1 aromatic heterocycles. The summed E-state index contributed by atoms with van der Waals surface area (Å²) < 4.78 is 39.7. The summed E-state index contributed by atoms with van der Waals surface area (Å²) in [6.07, 6.45) is -4.26. The number of hydrogen-bond donors (Lipinski definition) is 4. The van der Waals surface area contributed by atoms with Gasteiger partial charge in [-0.15, -0.1) is 0 Å². The smallest absolute Gasteiger partial charge is 0.391 e. The Labute approximate surface area is 197 Å². The maximum Gasteiger partial charge on any atom is 0.418 e. The molecule has 0 saturated carbocycles. The van der Waals surface area contributed by atoms with E-state index in [2.05, 4.69) is 26.7 Å². The first-order chi connectivity index (χ1) is 16.1. The highest BCUT2D eigenvalue weighted by molar-refractivity contribution is 5.82. The second-order valence-corrected chi connectivity index (χ2v) is 8.65. The normalized spacial score (nSPS) is 13.7. The minimum atomic E-state index is -4.54. The van der Waals surface area contributed by atoms with Gasteiger partial charge in [-0.2, -0.15) is 13.2 Å². The lowest BCUT2D eigenvalue weighted by Gasteiger charge is -2.24. The van der Waals surface area contributed by atoms with Crippen LogP contribution >= 0.6 is 0 Å². The molecule has 0 spiro atoms. The number of aromatic nitrogens is 2. The molecule has 0 aliphatic heterocycles. The topological polar surface area (TPSA) is 90.0 Å². The Bertz CT molecular complexity index is 1130. The number of halogens is 3. The van der Waals surface area contributed by atoms with Crippen molar-refractivity contribution in [3.05, 3.63) is 64.5 Å². The summed E-state index contributed by atoms with van der Waals surface area (Å²) in [5.41, 5.74) is 2.62. The van der Waals surface area contributed by atoms with Crippen LogP contribution in [0, 0.1) is 13.8 Å². The zero-order chi connectivity index (χ0) is 24.9. The van der Waals surface area contributed by atoms with Crippen molar-refractivity contribution >= 4 is 16.9 Å². The molecule has 0 radical (unpaired) electrons. The average Bonchev–Trinajstić information content (AvgIpc) is 3.16. The first-order valence-electron chi connectivity index (χ1n) is 11.4. The van der Waals surface area contributed by atoms with E-state index in [1.54, 1.807) is 0 Å². The lowest BCUT2D eigenvalue weighted by atomic mass is 10.0. The predicted octanol–water partition coefficient (Wildman–Crippen LogP) is 4.18. The van der Waals surface area contributed by atoms with Crippen molar-refractivity contribution in [1.29, 1.82) is 0 Å². The second-order valence-electron chi connectivity index (χ2n) is 8.65. The first kappa shape index (κ1) is 25.7. The third-order valence-electron chi connectivity index (χ3n) is 5.77. The van der Waals surface area contributed by atoms with Crippen LogP contribution in [0.4, 0.5) is 13.2 Å². The minimum absolute atomic E-state index is 0.135. The SMILES string of the molecule is CCCC(O)C(CNCc1ccc(C)cc1C)NC(=O)Cc1nc2c(C(F)(F)F)cccc2[nH]1. The van der Waals surface area contributed by atoms with Crippen LogP contribution in [0.3, 0.4) is 0 Å². The van der Waals surface area contributed by atoms with Gasteiger partial charge in [0.1, 0.15) is 11.3 Å². The van der Waals surface area contributed by atoms with Gasteiger partial charge in [0.2, 0.25) is 5.91 Å². The number of rotatable bonds is 10. The average molecular weight is 477 g/mol. The van der Waals surface area contributed by atoms with E-state index in [0.717, 1.165) is 23.6 Å². The lowest BCUT2D eigenvalue weighted by Crippen LogP contribution is -2.49. The number of aliphatic hydroxyl groups excluding tert-OH is 1. The van der Waals surface area contributed by atoms with Crippen molar-refractivity contribution in [1.82, 2.24) is 20.6 Å². The van der Waals surface area contributed by atoms with E-state index in [4.69, 9.17) is 0 Å². The molecular weight excluding hydrogens is 445 g/mol. The maximum absolute atomic E-state index is 13.2. The van der Waals surface area contributed by atoms with Crippen molar-refractivity contribution in [3.8, 4) is 0 Å². The van der Waals surface area contributed by atoms with Gasteiger partial charge in [0.15, 0.2) is 0 Å². The Morgan fingerprint density at radius 2 is 1.97 bits per heavy atom. The molecule has 2 aromatic carbocycles. The number of carbonyl (C=O) groups is 1. The van der Waals surface area contributed by atoms with E-state index in [-0.39, 0.29) is 23.3 Å². The van der Waals surface area contributed by atoms with E-state index in [1.807, 2.05) is 32.9 Å². The number of alkyl halides is 3. The van der Waals surface area contributed by atoms with Crippen molar-refractivity contribution in [3.63, 3.8) is 0 Å². The van der Waals surface area contributed by atoms with Crippen molar-refractivity contribution < 1.29 is 23.1 Å². The van der Waals surface area contributed by atoms with Crippen LogP contribution in [0.1, 0.15) is 47.8 Å². The molecule has 4 N–H and O–H groups in total. The summed E-state index contributed by atoms with van der Waals surface area (Å²) in [4.78, 5) is 19.5. The van der Waals surface area contributed by atoms with E-state index >= 15 is 0 Å². The molecule has 3 aromatic rings. The molecule has 0 aliphatic rings. The van der Waals surface area contributed by atoms with Crippen LogP contribution in [0.2, 0.25) is 0 Å². The zero-order valence-electron chi connectivity index (χ0n) is 19.6. The number of nitrogens with one attached hydrogen (secondary N) is 3. The molecule has 2 unspecified atom stereocenters. The second kappa shape index (κ2) is 11.0. The van der Waals surface area contributed by atoms with Crippen LogP contribution in [0.5, 0.6) is 0 Å². The van der Waals surface area contributed by atoms with Crippen LogP contribution in [0.15, 0.2) is 36.4 Å². The third-order valence-corrected chi connectivity index (χ3v) is 5.77. The number of hydrogen-bond acceptors (Lipinski definition) is 4. The number of para-hydroxylation sites is 1. The number of fused-ring (bicyclic) bond motifs is 1. The van der Waals surface area contributed by atoms with Gasteiger partial charge in [0.25, 0.3) is 0 Å². The Balaban J connectivity index is 1.66. The number of aliphatic hydroxyl groups is 1. The Morgan fingerprint density at radius 1 is 1.21 bits per heavy atom. The number of amides is 1. The summed E-state index contributed by atoms with van der Waals surface area (Å²) in [5, 5.41) is 16.7. The summed E-state index contributed by atoms with van der Waals surface area (Å²) >= 11 is 0. The molecule has 1 heterocycles. The molecular formula is C25H31F3N4O2. The summed E-state index contributed by atoms with van der Waals surface area (Å²) in [7, 11) is 0. The summed E-state index contributed by atoms with van der Waals surface area (Å²) in [6, 6.07) is 9.38. The van der Waals surface area contributed by atoms with E-state index < -0.39 is 29.8 Å². The molecule has 2 atom stereocenters. The van der Waals surface area contributed by atoms with Gasteiger partial charge < -0.3 is 20.7 Å². The molecule has 184 valence electrons.